The summed E-state index contributed by atoms with van der Waals surface area (Å²) in [5.41, 5.74) is 2.57. The SMILES string of the molecule is C=C=CC=CC/C=C\C(=O)O. The lowest BCUT2D eigenvalue weighted by Crippen LogP contribution is -1.84. The van der Waals surface area contributed by atoms with Gasteiger partial charge in [0, 0.05) is 6.08 Å². The lowest BCUT2D eigenvalue weighted by Gasteiger charge is -1.78. The number of allylic oxidation sites excluding steroid dienone is 4. The van der Waals surface area contributed by atoms with Crippen molar-refractivity contribution in [3.05, 3.63) is 42.7 Å². The van der Waals surface area contributed by atoms with E-state index in [0.717, 1.165) is 6.08 Å². The summed E-state index contributed by atoms with van der Waals surface area (Å²) in [5, 5.41) is 8.18. The minimum atomic E-state index is -0.919. The van der Waals surface area contributed by atoms with Crippen molar-refractivity contribution in [3.8, 4) is 0 Å². The molecule has 0 aromatic carbocycles. The van der Waals surface area contributed by atoms with Crippen LogP contribution in [0.25, 0.3) is 0 Å². The van der Waals surface area contributed by atoms with Crippen molar-refractivity contribution in [2.24, 2.45) is 0 Å². The van der Waals surface area contributed by atoms with E-state index in [2.05, 4.69) is 12.3 Å². The molecule has 0 spiro atoms. The molecule has 0 aromatic rings. The number of rotatable bonds is 4. The summed E-state index contributed by atoms with van der Waals surface area (Å²) < 4.78 is 0. The molecule has 58 valence electrons. The predicted octanol–water partition coefficient (Wildman–Crippen LogP) is 1.91. The molecule has 11 heavy (non-hydrogen) atoms. The Morgan fingerprint density at radius 2 is 2.27 bits per heavy atom. The van der Waals surface area contributed by atoms with E-state index in [-0.39, 0.29) is 0 Å². The highest BCUT2D eigenvalue weighted by atomic mass is 16.4. The van der Waals surface area contributed by atoms with Crippen molar-refractivity contribution in [2.75, 3.05) is 0 Å². The highest BCUT2D eigenvalue weighted by Crippen LogP contribution is 1.85. The molecular formula is C9H10O2. The maximum atomic E-state index is 9.95. The summed E-state index contributed by atoms with van der Waals surface area (Å²) >= 11 is 0. The van der Waals surface area contributed by atoms with Gasteiger partial charge in [-0.1, -0.05) is 24.8 Å². The van der Waals surface area contributed by atoms with Crippen molar-refractivity contribution in [3.63, 3.8) is 0 Å². The number of aliphatic carboxylic acids is 1. The fourth-order valence-electron chi connectivity index (χ4n) is 0.462. The molecule has 0 heterocycles. The van der Waals surface area contributed by atoms with Crippen LogP contribution in [0.2, 0.25) is 0 Å². The molecule has 0 atom stereocenters. The number of carboxylic acid groups (broad SMARTS) is 1. The standard InChI is InChI=1S/C9H10O2/c1-2-3-4-5-6-7-8-9(10)11/h3-5,7-8H,1,6H2,(H,10,11)/b5-4?,8-7-. The third kappa shape index (κ3) is 8.47. The maximum absolute atomic E-state index is 9.95. The molecule has 0 aliphatic heterocycles. The van der Waals surface area contributed by atoms with Crippen LogP contribution < -0.4 is 0 Å². The minimum absolute atomic E-state index is 0.616. The van der Waals surface area contributed by atoms with E-state index in [4.69, 9.17) is 5.11 Å². The van der Waals surface area contributed by atoms with E-state index in [9.17, 15) is 4.79 Å². The van der Waals surface area contributed by atoms with Gasteiger partial charge in [-0.15, -0.1) is 5.73 Å². The Balaban J connectivity index is 3.56. The topological polar surface area (TPSA) is 37.3 Å². The zero-order valence-electron chi connectivity index (χ0n) is 6.16. The number of carboxylic acids is 1. The maximum Gasteiger partial charge on any atom is 0.327 e. The first kappa shape index (κ1) is 9.47. The van der Waals surface area contributed by atoms with Crippen LogP contribution in [0.5, 0.6) is 0 Å². The van der Waals surface area contributed by atoms with Crippen LogP contribution in [-0.2, 0) is 4.79 Å². The van der Waals surface area contributed by atoms with Gasteiger partial charge in [-0.3, -0.25) is 0 Å². The lowest BCUT2D eigenvalue weighted by atomic mass is 10.3. The molecule has 0 radical (unpaired) electrons. The summed E-state index contributed by atoms with van der Waals surface area (Å²) in [6, 6.07) is 0. The zero-order valence-corrected chi connectivity index (χ0v) is 6.16. The highest BCUT2D eigenvalue weighted by Gasteiger charge is 1.80. The van der Waals surface area contributed by atoms with Crippen LogP contribution in [0.3, 0.4) is 0 Å². The molecule has 0 saturated heterocycles. The van der Waals surface area contributed by atoms with Crippen LogP contribution in [0.15, 0.2) is 42.7 Å². The van der Waals surface area contributed by atoms with Crippen molar-refractivity contribution in [1.29, 1.82) is 0 Å². The average molecular weight is 150 g/mol. The first-order valence-electron chi connectivity index (χ1n) is 3.18. The number of hydrogen-bond acceptors (Lipinski definition) is 1. The van der Waals surface area contributed by atoms with Gasteiger partial charge in [-0.25, -0.2) is 4.79 Å². The van der Waals surface area contributed by atoms with Crippen LogP contribution >= 0.6 is 0 Å². The van der Waals surface area contributed by atoms with Gasteiger partial charge in [-0.2, -0.15) is 0 Å². The van der Waals surface area contributed by atoms with E-state index in [1.54, 1.807) is 18.2 Å². The van der Waals surface area contributed by atoms with Gasteiger partial charge in [-0.05, 0) is 12.5 Å². The van der Waals surface area contributed by atoms with E-state index in [1.165, 1.54) is 0 Å². The zero-order chi connectivity index (χ0) is 8.53. The van der Waals surface area contributed by atoms with Crippen LogP contribution in [0, 0.1) is 0 Å². The van der Waals surface area contributed by atoms with Gasteiger partial charge in [0.1, 0.15) is 0 Å². The lowest BCUT2D eigenvalue weighted by molar-refractivity contribution is -0.131. The van der Waals surface area contributed by atoms with E-state index >= 15 is 0 Å². The largest absolute Gasteiger partial charge is 0.478 e. The summed E-state index contributed by atoms with van der Waals surface area (Å²) in [7, 11) is 0. The van der Waals surface area contributed by atoms with Crippen molar-refractivity contribution < 1.29 is 9.90 Å². The average Bonchev–Trinajstić information content (AvgIpc) is 1.96. The molecule has 0 amide bonds. The second-order valence-corrected chi connectivity index (χ2v) is 1.78. The Morgan fingerprint density at radius 3 is 2.82 bits per heavy atom. The second kappa shape index (κ2) is 6.59. The Kier molecular flexibility index (Phi) is 5.67. The van der Waals surface area contributed by atoms with Gasteiger partial charge in [0.2, 0.25) is 0 Å². The highest BCUT2D eigenvalue weighted by molar-refractivity contribution is 5.79. The first-order chi connectivity index (χ1) is 5.27. The fraction of sp³-hybridized carbons (Fsp3) is 0.111. The molecule has 0 fully saturated rings. The van der Waals surface area contributed by atoms with Gasteiger partial charge in [0.15, 0.2) is 0 Å². The molecule has 0 bridgehead atoms. The molecule has 0 aliphatic carbocycles. The van der Waals surface area contributed by atoms with Gasteiger partial charge in [0.05, 0.1) is 0 Å². The smallest absolute Gasteiger partial charge is 0.327 e. The summed E-state index contributed by atoms with van der Waals surface area (Å²) in [5.74, 6) is -0.919. The number of hydrogen-bond donors (Lipinski definition) is 1. The van der Waals surface area contributed by atoms with Gasteiger partial charge >= 0.3 is 5.97 Å². The molecule has 0 unspecified atom stereocenters. The van der Waals surface area contributed by atoms with Crippen LogP contribution in [-0.4, -0.2) is 11.1 Å². The Bertz CT molecular complexity index is 208. The molecular weight excluding hydrogens is 140 g/mol. The Labute approximate surface area is 65.9 Å². The van der Waals surface area contributed by atoms with E-state index < -0.39 is 5.97 Å². The Morgan fingerprint density at radius 1 is 1.55 bits per heavy atom. The van der Waals surface area contributed by atoms with Crippen molar-refractivity contribution >= 4 is 5.97 Å². The first-order valence-corrected chi connectivity index (χ1v) is 3.18. The van der Waals surface area contributed by atoms with Crippen molar-refractivity contribution in [1.82, 2.24) is 0 Å². The van der Waals surface area contributed by atoms with Gasteiger partial charge in [0.25, 0.3) is 0 Å². The Hall–Kier alpha value is -1.53. The molecule has 2 nitrogen and oxygen atoms in total. The fourth-order valence-corrected chi connectivity index (χ4v) is 0.462. The summed E-state index contributed by atoms with van der Waals surface area (Å²) in [6.07, 6.45) is 8.54. The monoisotopic (exact) mass is 150 g/mol. The molecule has 1 N–H and O–H groups in total. The van der Waals surface area contributed by atoms with E-state index in [1.807, 2.05) is 6.08 Å². The van der Waals surface area contributed by atoms with Gasteiger partial charge < -0.3 is 5.11 Å². The second-order valence-electron chi connectivity index (χ2n) is 1.78. The number of carbonyl (C=O) groups is 1. The van der Waals surface area contributed by atoms with E-state index in [0.29, 0.717) is 6.42 Å². The molecule has 0 aromatic heterocycles. The predicted molar refractivity (Wildman–Crippen MR) is 44.2 cm³/mol. The minimum Gasteiger partial charge on any atom is -0.478 e. The summed E-state index contributed by atoms with van der Waals surface area (Å²) in [6.45, 7) is 3.36. The van der Waals surface area contributed by atoms with Crippen LogP contribution in [0.1, 0.15) is 6.42 Å². The third-order valence-corrected chi connectivity index (χ3v) is 0.883. The molecule has 0 saturated carbocycles. The molecule has 0 rings (SSSR count). The molecule has 2 heteroatoms. The summed E-state index contributed by atoms with van der Waals surface area (Å²) in [4.78, 5) is 9.95. The normalized spacial score (nSPS) is 10.2. The third-order valence-electron chi connectivity index (χ3n) is 0.883. The quantitative estimate of drug-likeness (QED) is 0.377. The van der Waals surface area contributed by atoms with Crippen molar-refractivity contribution in [2.45, 2.75) is 6.42 Å². The van der Waals surface area contributed by atoms with Crippen LogP contribution in [0.4, 0.5) is 0 Å². The molecule has 0 aliphatic rings.